The lowest BCUT2D eigenvalue weighted by Crippen LogP contribution is -2.10. The van der Waals surface area contributed by atoms with E-state index in [1.54, 1.807) is 0 Å². The molecular formula is C7H21N2O14P3. The summed E-state index contributed by atoms with van der Waals surface area (Å²) in [5.74, 6) is 0.121. The van der Waals surface area contributed by atoms with Gasteiger partial charge < -0.3 is 60.7 Å². The lowest BCUT2D eigenvalue weighted by Gasteiger charge is -1.93. The molecule has 0 aliphatic rings. The normalized spacial score (nSPS) is 9.88. The quantitative estimate of drug-likeness (QED) is 0.113. The molecule has 16 nitrogen and oxygen atoms in total. The Morgan fingerprint density at radius 2 is 0.885 bits per heavy atom. The molecular weight excluding hydrogens is 429 g/mol. The van der Waals surface area contributed by atoms with E-state index in [2.05, 4.69) is 0 Å². The van der Waals surface area contributed by atoms with E-state index in [1.807, 2.05) is 30.3 Å². The topological polar surface area (TPSA) is 346 Å². The molecule has 0 fully saturated rings. The van der Waals surface area contributed by atoms with Crippen LogP contribution in [-0.2, 0) is 13.7 Å². The summed E-state index contributed by atoms with van der Waals surface area (Å²) in [5.41, 5.74) is 5.97. The first-order valence-electron chi connectivity index (χ1n) is 5.05. The highest BCUT2D eigenvalue weighted by Crippen LogP contribution is 2.26. The lowest BCUT2D eigenvalue weighted by atomic mass is 10.2. The second-order valence-electron chi connectivity index (χ2n) is 3.32. The van der Waals surface area contributed by atoms with Gasteiger partial charge in [-0.3, -0.25) is 5.41 Å². The number of phosphoric acid groups is 3. The van der Waals surface area contributed by atoms with Crippen molar-refractivity contribution in [3.05, 3.63) is 35.9 Å². The summed E-state index contributed by atoms with van der Waals surface area (Å²) in [7, 11) is -13.9. The van der Waals surface area contributed by atoms with Crippen molar-refractivity contribution >= 4 is 29.3 Å². The minimum atomic E-state index is -4.64. The number of rotatable bonds is 1. The van der Waals surface area contributed by atoms with Gasteiger partial charge in [-0.25, -0.2) is 13.7 Å². The average molecular weight is 450 g/mol. The fraction of sp³-hybridized carbons (Fsp3) is 0. The van der Waals surface area contributed by atoms with Crippen LogP contribution in [0, 0.1) is 5.41 Å². The Kier molecular flexibility index (Phi) is 22.3. The Balaban J connectivity index is -0.0000000771. The van der Waals surface area contributed by atoms with E-state index in [4.69, 9.17) is 68.9 Å². The molecule has 26 heavy (non-hydrogen) atoms. The third-order valence-electron chi connectivity index (χ3n) is 1.08. The Labute approximate surface area is 146 Å². The van der Waals surface area contributed by atoms with Crippen LogP contribution in [0.1, 0.15) is 5.56 Å². The van der Waals surface area contributed by atoms with E-state index in [0.717, 1.165) is 5.56 Å². The third kappa shape index (κ3) is 92.3. The monoisotopic (exact) mass is 450 g/mol. The third-order valence-corrected chi connectivity index (χ3v) is 1.08. The Morgan fingerprint density at radius 3 is 1.00 bits per heavy atom. The van der Waals surface area contributed by atoms with E-state index < -0.39 is 23.5 Å². The highest BCUT2D eigenvalue weighted by atomic mass is 31.2. The second-order valence-corrected chi connectivity index (χ2v) is 6.40. The first kappa shape index (κ1) is 35.9. The van der Waals surface area contributed by atoms with Crippen LogP contribution in [0.5, 0.6) is 0 Å². The van der Waals surface area contributed by atoms with Crippen molar-refractivity contribution in [2.24, 2.45) is 5.73 Å². The summed E-state index contributed by atoms with van der Waals surface area (Å²) in [6.07, 6.45) is 0. The van der Waals surface area contributed by atoms with Gasteiger partial charge in [0.1, 0.15) is 5.84 Å². The van der Waals surface area contributed by atoms with Crippen molar-refractivity contribution in [1.82, 2.24) is 0 Å². The average Bonchev–Trinajstić information content (AvgIpc) is 2.23. The largest absolute Gasteiger partial charge is 0.466 e. The predicted molar refractivity (Wildman–Crippen MR) is 87.5 cm³/mol. The van der Waals surface area contributed by atoms with Gasteiger partial charge >= 0.3 is 23.5 Å². The summed E-state index contributed by atoms with van der Waals surface area (Å²) in [5, 5.41) is 7.01. The van der Waals surface area contributed by atoms with Crippen LogP contribution in [0.25, 0.3) is 0 Å². The molecule has 19 heteroatoms. The number of hydrogen-bond acceptors (Lipinski definition) is 4. The predicted octanol–water partition coefficient (Wildman–Crippen LogP) is -3.46. The van der Waals surface area contributed by atoms with E-state index in [0.29, 0.717) is 0 Å². The highest BCUT2D eigenvalue weighted by molar-refractivity contribution is 7.45. The zero-order chi connectivity index (χ0) is 20.2. The number of nitrogens with two attached hydrogens (primary N) is 1. The minimum Gasteiger partial charge on any atom is -0.412 e. The van der Waals surface area contributed by atoms with Gasteiger partial charge in [-0.1, -0.05) is 30.3 Å². The van der Waals surface area contributed by atoms with Gasteiger partial charge in [0.05, 0.1) is 0 Å². The lowest BCUT2D eigenvalue weighted by molar-refractivity contribution is 0.272. The maximum absolute atomic E-state index is 8.88. The smallest absolute Gasteiger partial charge is 0.412 e. The molecule has 0 heterocycles. The van der Waals surface area contributed by atoms with E-state index in [1.165, 1.54) is 0 Å². The summed E-state index contributed by atoms with van der Waals surface area (Å²) < 4.78 is 26.6. The van der Waals surface area contributed by atoms with Gasteiger partial charge in [0.25, 0.3) is 0 Å². The molecule has 0 saturated carbocycles. The van der Waals surface area contributed by atoms with Crippen LogP contribution in [0.3, 0.4) is 0 Å². The first-order valence-corrected chi connectivity index (χ1v) is 9.74. The van der Waals surface area contributed by atoms with Crippen molar-refractivity contribution in [2.45, 2.75) is 0 Å². The Morgan fingerprint density at radius 1 is 0.692 bits per heavy atom. The SMILES string of the molecule is N=C(N)c1ccccc1.O.O.O=P(O)(O)O.O=P(O)(O)O.O=P(O)(O)O. The standard InChI is InChI=1S/C7H8N2.3H3O4P.2H2O/c8-7(9)6-4-2-1-3-5-6;3*1-5(2,3)4;;/h1-5H,(H3,8,9);3*(H3,1,2,3,4);2*1H2. The van der Waals surface area contributed by atoms with Gasteiger partial charge in [-0.2, -0.15) is 0 Å². The van der Waals surface area contributed by atoms with Crippen LogP contribution in [0.2, 0.25) is 0 Å². The van der Waals surface area contributed by atoms with Crippen molar-refractivity contribution < 1.29 is 68.7 Å². The van der Waals surface area contributed by atoms with Crippen LogP contribution < -0.4 is 5.73 Å². The molecule has 0 radical (unpaired) electrons. The maximum atomic E-state index is 8.88. The van der Waals surface area contributed by atoms with Crippen LogP contribution in [0.4, 0.5) is 0 Å². The second kappa shape index (κ2) is 16.1. The summed E-state index contributed by atoms with van der Waals surface area (Å²) in [4.78, 5) is 64.7. The fourth-order valence-electron chi connectivity index (χ4n) is 0.618. The summed E-state index contributed by atoms with van der Waals surface area (Å²) in [6.45, 7) is 0. The highest BCUT2D eigenvalue weighted by Gasteiger charge is 2.01. The van der Waals surface area contributed by atoms with Gasteiger partial charge in [0, 0.05) is 5.56 Å². The number of amidine groups is 1. The van der Waals surface area contributed by atoms with Gasteiger partial charge in [-0.05, 0) is 0 Å². The Hall–Kier alpha value is -1.06. The molecule has 0 aromatic heterocycles. The molecule has 0 atom stereocenters. The van der Waals surface area contributed by atoms with Gasteiger partial charge in [0.15, 0.2) is 0 Å². The van der Waals surface area contributed by atoms with E-state index in [9.17, 15) is 0 Å². The minimum absolute atomic E-state index is 0. The number of benzene rings is 1. The first-order chi connectivity index (χ1) is 10.3. The molecule has 0 amide bonds. The van der Waals surface area contributed by atoms with E-state index >= 15 is 0 Å². The van der Waals surface area contributed by atoms with Crippen molar-refractivity contribution in [3.8, 4) is 0 Å². The molecule has 16 N–H and O–H groups in total. The van der Waals surface area contributed by atoms with Crippen molar-refractivity contribution in [1.29, 1.82) is 5.41 Å². The van der Waals surface area contributed by atoms with Gasteiger partial charge in [-0.15, -0.1) is 0 Å². The van der Waals surface area contributed by atoms with Crippen molar-refractivity contribution in [2.75, 3.05) is 0 Å². The molecule has 0 saturated heterocycles. The number of nitrogens with one attached hydrogen (secondary N) is 1. The van der Waals surface area contributed by atoms with Crippen LogP contribution in [-0.4, -0.2) is 60.8 Å². The zero-order valence-electron chi connectivity index (χ0n) is 12.6. The summed E-state index contributed by atoms with van der Waals surface area (Å²) in [6, 6.07) is 9.23. The zero-order valence-corrected chi connectivity index (χ0v) is 15.2. The number of nitrogen functional groups attached to an aromatic ring is 1. The Bertz CT molecular complexity index is 534. The molecule has 1 rings (SSSR count). The molecule has 0 bridgehead atoms. The van der Waals surface area contributed by atoms with Crippen LogP contribution in [0.15, 0.2) is 30.3 Å². The molecule has 0 spiro atoms. The van der Waals surface area contributed by atoms with Crippen LogP contribution >= 0.6 is 23.5 Å². The maximum Gasteiger partial charge on any atom is 0.466 e. The molecule has 158 valence electrons. The molecule has 0 unspecified atom stereocenters. The number of hydrogen-bond donors (Lipinski definition) is 11. The fourth-order valence-corrected chi connectivity index (χ4v) is 0.618. The van der Waals surface area contributed by atoms with Crippen molar-refractivity contribution in [3.63, 3.8) is 0 Å². The molecule has 0 aliphatic heterocycles. The van der Waals surface area contributed by atoms with E-state index in [-0.39, 0.29) is 16.8 Å². The molecule has 1 aromatic rings. The molecule has 1 aromatic carbocycles. The summed E-state index contributed by atoms with van der Waals surface area (Å²) >= 11 is 0. The molecule has 0 aliphatic carbocycles. The van der Waals surface area contributed by atoms with Gasteiger partial charge in [0.2, 0.25) is 0 Å².